The van der Waals surface area contributed by atoms with Gasteiger partial charge in [-0.25, -0.2) is 9.37 Å². The van der Waals surface area contributed by atoms with Crippen LogP contribution in [0.4, 0.5) is 4.39 Å². The van der Waals surface area contributed by atoms with Crippen LogP contribution in [0, 0.1) is 0 Å². The highest BCUT2D eigenvalue weighted by atomic mass is 32.2. The zero-order valence-electron chi connectivity index (χ0n) is 13.6. The van der Waals surface area contributed by atoms with Crippen molar-refractivity contribution in [3.63, 3.8) is 0 Å². The first-order valence-electron chi connectivity index (χ1n) is 7.78. The molecule has 6 heteroatoms. The molecule has 0 spiro atoms. The van der Waals surface area contributed by atoms with Crippen LogP contribution in [0.15, 0.2) is 54.6 Å². The van der Waals surface area contributed by atoms with Crippen molar-refractivity contribution in [3.8, 4) is 0 Å². The number of rotatable bonds is 6. The second-order valence-electron chi connectivity index (χ2n) is 5.71. The number of hydrogen-bond donors (Lipinski definition) is 1. The molecule has 0 aliphatic heterocycles. The number of nitrogens with zero attached hydrogens (tertiary/aromatic N) is 2. The highest BCUT2D eigenvalue weighted by molar-refractivity contribution is 8.18. The van der Waals surface area contributed by atoms with Crippen molar-refractivity contribution in [1.82, 2.24) is 15.3 Å². The van der Waals surface area contributed by atoms with E-state index in [4.69, 9.17) is 0 Å². The Morgan fingerprint density at radius 3 is 2.54 bits per heavy atom. The van der Waals surface area contributed by atoms with E-state index in [0.717, 1.165) is 30.6 Å². The van der Waals surface area contributed by atoms with E-state index in [1.165, 1.54) is 24.7 Å². The molecule has 0 aromatic carbocycles. The lowest BCUT2D eigenvalue weighted by Crippen LogP contribution is -2.38. The Bertz CT molecular complexity index is 664. The standard InChI is InChI=1S/C18H22FN3OS/c1-13(19)4-5-14(2)24(3)16-8-6-15(7-9-16)22-18(23)17-12-20-10-11-21-17/h4-5,10-12,15-16H,1-3,6-9H2,(H,22,23)/b5-4-. The molecule has 0 bridgehead atoms. The second-order valence-corrected chi connectivity index (χ2v) is 7.76. The van der Waals surface area contributed by atoms with Crippen LogP contribution < -0.4 is 5.32 Å². The number of amides is 1. The number of halogens is 1. The Hall–Kier alpha value is -2.08. The summed E-state index contributed by atoms with van der Waals surface area (Å²) < 4.78 is 12.7. The third-order valence-electron chi connectivity index (χ3n) is 3.99. The molecule has 1 N–H and O–H groups in total. The third kappa shape index (κ3) is 5.23. The van der Waals surface area contributed by atoms with Gasteiger partial charge in [0.2, 0.25) is 0 Å². The number of nitrogens with one attached hydrogen (secondary N) is 1. The summed E-state index contributed by atoms with van der Waals surface area (Å²) in [6, 6.07) is 0.141. The van der Waals surface area contributed by atoms with Crippen LogP contribution in [0.2, 0.25) is 0 Å². The van der Waals surface area contributed by atoms with E-state index in [0.29, 0.717) is 10.9 Å². The molecule has 1 aliphatic rings. The number of carbonyl (C=O) groups excluding carboxylic acids is 1. The van der Waals surface area contributed by atoms with Crippen LogP contribution >= 0.6 is 10.5 Å². The van der Waals surface area contributed by atoms with Gasteiger partial charge in [-0.2, -0.15) is 10.5 Å². The van der Waals surface area contributed by atoms with E-state index >= 15 is 0 Å². The number of aromatic nitrogens is 2. The van der Waals surface area contributed by atoms with Crippen molar-refractivity contribution in [2.75, 3.05) is 0 Å². The first kappa shape index (κ1) is 18.3. The molecule has 24 heavy (non-hydrogen) atoms. The van der Waals surface area contributed by atoms with Gasteiger partial charge in [0, 0.05) is 23.7 Å². The Morgan fingerprint density at radius 2 is 1.96 bits per heavy atom. The van der Waals surface area contributed by atoms with Crippen LogP contribution in [0.1, 0.15) is 36.2 Å². The summed E-state index contributed by atoms with van der Waals surface area (Å²) in [5, 5.41) is 3.42. The van der Waals surface area contributed by atoms with Crippen LogP contribution in [0.3, 0.4) is 0 Å². The molecule has 1 heterocycles. The predicted molar refractivity (Wildman–Crippen MR) is 98.8 cm³/mol. The predicted octanol–water partition coefficient (Wildman–Crippen LogP) is 3.77. The molecule has 1 aromatic rings. The largest absolute Gasteiger partial charge is 0.348 e. The molecule has 1 unspecified atom stereocenters. The lowest BCUT2D eigenvalue weighted by Gasteiger charge is -2.31. The van der Waals surface area contributed by atoms with Crippen molar-refractivity contribution in [2.24, 2.45) is 0 Å². The van der Waals surface area contributed by atoms with Gasteiger partial charge in [-0.3, -0.25) is 9.78 Å². The number of carbonyl (C=O) groups is 1. The van der Waals surface area contributed by atoms with Gasteiger partial charge in [-0.05, 0) is 42.7 Å². The van der Waals surface area contributed by atoms with E-state index < -0.39 is 5.83 Å². The SMILES string of the molecule is C=C(F)/C=C\C(=C)S(=C)C1CCC(NC(=O)c2cnccn2)CC1. The molecule has 1 saturated carbocycles. The van der Waals surface area contributed by atoms with Gasteiger partial charge in [-0.1, -0.05) is 19.0 Å². The fraction of sp³-hybridized carbons (Fsp3) is 0.333. The average Bonchev–Trinajstić information content (AvgIpc) is 2.60. The normalized spacial score (nSPS) is 22.0. The minimum absolute atomic E-state index is 0.141. The summed E-state index contributed by atoms with van der Waals surface area (Å²) in [4.78, 5) is 20.8. The number of allylic oxidation sites excluding steroid dienone is 3. The van der Waals surface area contributed by atoms with Gasteiger partial charge in [0.05, 0.1) is 6.20 Å². The number of hydrogen-bond acceptors (Lipinski definition) is 3. The molecule has 128 valence electrons. The zero-order valence-corrected chi connectivity index (χ0v) is 14.4. The summed E-state index contributed by atoms with van der Waals surface area (Å²) in [5.74, 6) is 3.52. The molecule has 4 nitrogen and oxygen atoms in total. The molecule has 0 radical (unpaired) electrons. The smallest absolute Gasteiger partial charge is 0.271 e. The third-order valence-corrected chi connectivity index (χ3v) is 6.08. The second kappa shape index (κ2) is 8.68. The summed E-state index contributed by atoms with van der Waals surface area (Å²) in [7, 11) is -0.255. The molecular weight excluding hydrogens is 325 g/mol. The summed E-state index contributed by atoms with van der Waals surface area (Å²) in [6.07, 6.45) is 11.2. The highest BCUT2D eigenvalue weighted by Crippen LogP contribution is 2.37. The van der Waals surface area contributed by atoms with E-state index in [1.54, 1.807) is 6.08 Å². The van der Waals surface area contributed by atoms with Crippen molar-refractivity contribution >= 4 is 22.3 Å². The fourth-order valence-electron chi connectivity index (χ4n) is 2.65. The lowest BCUT2D eigenvalue weighted by atomic mass is 9.95. The zero-order chi connectivity index (χ0) is 17.5. The molecule has 2 rings (SSSR count). The maximum atomic E-state index is 12.7. The van der Waals surface area contributed by atoms with Crippen LogP contribution in [-0.2, 0) is 0 Å². The maximum Gasteiger partial charge on any atom is 0.271 e. The molecule has 1 fully saturated rings. The quantitative estimate of drug-likeness (QED) is 0.629. The molecule has 1 aliphatic carbocycles. The Balaban J connectivity index is 1.83. The molecule has 1 atom stereocenters. The molecule has 1 amide bonds. The molecular formula is C18H22FN3OS. The van der Waals surface area contributed by atoms with Gasteiger partial charge < -0.3 is 5.32 Å². The van der Waals surface area contributed by atoms with Crippen molar-refractivity contribution in [1.29, 1.82) is 0 Å². The fourth-order valence-corrected chi connectivity index (χ4v) is 4.16. The van der Waals surface area contributed by atoms with E-state index in [9.17, 15) is 9.18 Å². The Kier molecular flexibility index (Phi) is 6.61. The van der Waals surface area contributed by atoms with Gasteiger partial charge in [0.1, 0.15) is 11.5 Å². The van der Waals surface area contributed by atoms with Crippen molar-refractivity contribution in [3.05, 3.63) is 60.3 Å². The van der Waals surface area contributed by atoms with Gasteiger partial charge in [-0.15, -0.1) is 0 Å². The van der Waals surface area contributed by atoms with Crippen LogP contribution in [0.25, 0.3) is 0 Å². The van der Waals surface area contributed by atoms with Crippen LogP contribution in [-0.4, -0.2) is 33.0 Å². The first-order valence-corrected chi connectivity index (χ1v) is 9.24. The summed E-state index contributed by atoms with van der Waals surface area (Å²) in [5.41, 5.74) is 0.335. The Labute approximate surface area is 144 Å². The molecule has 1 aromatic heterocycles. The van der Waals surface area contributed by atoms with Gasteiger partial charge >= 0.3 is 0 Å². The van der Waals surface area contributed by atoms with Gasteiger partial charge in [0.15, 0.2) is 0 Å². The van der Waals surface area contributed by atoms with E-state index in [1.807, 2.05) is 0 Å². The van der Waals surface area contributed by atoms with E-state index in [2.05, 4.69) is 34.3 Å². The minimum Gasteiger partial charge on any atom is -0.348 e. The molecule has 0 saturated heterocycles. The van der Waals surface area contributed by atoms with Crippen LogP contribution in [0.5, 0.6) is 0 Å². The van der Waals surface area contributed by atoms with Gasteiger partial charge in [0.25, 0.3) is 5.91 Å². The average molecular weight is 347 g/mol. The maximum absolute atomic E-state index is 12.7. The first-order chi connectivity index (χ1) is 11.5. The lowest BCUT2D eigenvalue weighted by molar-refractivity contribution is 0.0922. The van der Waals surface area contributed by atoms with E-state index in [-0.39, 0.29) is 22.4 Å². The Morgan fingerprint density at radius 1 is 1.25 bits per heavy atom. The topological polar surface area (TPSA) is 54.9 Å². The highest BCUT2D eigenvalue weighted by Gasteiger charge is 2.24. The minimum atomic E-state index is -0.483. The monoisotopic (exact) mass is 347 g/mol. The summed E-state index contributed by atoms with van der Waals surface area (Å²) in [6.45, 7) is 7.18. The summed E-state index contributed by atoms with van der Waals surface area (Å²) >= 11 is 0. The van der Waals surface area contributed by atoms with Crippen molar-refractivity contribution in [2.45, 2.75) is 37.0 Å². The van der Waals surface area contributed by atoms with Crippen molar-refractivity contribution < 1.29 is 9.18 Å².